The third-order valence-electron chi connectivity index (χ3n) is 0.985. The fraction of sp³-hybridized carbons (Fsp3) is 0.500. The zero-order valence-electron chi connectivity index (χ0n) is 7.35. The average molecular weight is 210 g/mol. The van der Waals surface area contributed by atoms with E-state index in [9.17, 15) is 9.36 Å². The van der Waals surface area contributed by atoms with Gasteiger partial charge in [-0.1, -0.05) is 6.58 Å². The molecule has 0 aliphatic carbocycles. The molecule has 0 aliphatic heterocycles. The fourth-order valence-corrected chi connectivity index (χ4v) is 0.614. The van der Waals surface area contributed by atoms with Crippen molar-refractivity contribution in [2.75, 3.05) is 13.9 Å². The number of hydrogen-bond donors (Lipinski definition) is 1. The highest BCUT2D eigenvalue weighted by Crippen LogP contribution is 2.41. The van der Waals surface area contributed by atoms with Crippen LogP contribution < -0.4 is 0 Å². The summed E-state index contributed by atoms with van der Waals surface area (Å²) in [7, 11) is -3.07. The zero-order valence-corrected chi connectivity index (χ0v) is 8.24. The van der Waals surface area contributed by atoms with Gasteiger partial charge in [0.25, 0.3) is 0 Å². The minimum atomic E-state index is -4.07. The van der Waals surface area contributed by atoms with Crippen LogP contribution >= 0.6 is 7.82 Å². The van der Waals surface area contributed by atoms with Gasteiger partial charge in [-0.15, -0.1) is 0 Å². The van der Waals surface area contributed by atoms with E-state index in [1.165, 1.54) is 6.92 Å². The van der Waals surface area contributed by atoms with Crippen LogP contribution in [-0.2, 0) is 23.1 Å². The molecular weight excluding hydrogens is 199 g/mol. The number of carbonyl (C=O) groups excluding carboxylic acids is 1. The Bertz CT molecular complexity index is 248. The normalized spacial score (nSPS) is 14.7. The van der Waals surface area contributed by atoms with Crippen molar-refractivity contribution in [2.45, 2.75) is 6.92 Å². The van der Waals surface area contributed by atoms with Gasteiger partial charge in [0.2, 0.25) is 6.79 Å². The van der Waals surface area contributed by atoms with E-state index in [2.05, 4.69) is 20.4 Å². The quantitative estimate of drug-likeness (QED) is 0.313. The molecule has 7 heteroatoms. The van der Waals surface area contributed by atoms with Gasteiger partial charge in [-0.3, -0.25) is 4.52 Å². The van der Waals surface area contributed by atoms with Crippen LogP contribution in [0.3, 0.4) is 0 Å². The van der Waals surface area contributed by atoms with Crippen LogP contribution in [-0.4, -0.2) is 24.8 Å². The van der Waals surface area contributed by atoms with Crippen LogP contribution in [0.4, 0.5) is 0 Å². The first-order valence-electron chi connectivity index (χ1n) is 3.25. The Morgan fingerprint density at radius 1 is 1.62 bits per heavy atom. The summed E-state index contributed by atoms with van der Waals surface area (Å²) < 4.78 is 23.3. The molecule has 0 amide bonds. The standard InChI is InChI=1S/C6H11O6P/c1-5(2)6(7)11-4-12-13(8,9)10-3/h1,4H2,2-3H3,(H,8,9). The Kier molecular flexibility index (Phi) is 4.87. The van der Waals surface area contributed by atoms with Gasteiger partial charge < -0.3 is 9.63 Å². The Morgan fingerprint density at radius 2 is 2.15 bits per heavy atom. The second-order valence-electron chi connectivity index (χ2n) is 2.11. The molecule has 0 rings (SSSR count). The molecule has 1 N–H and O–H groups in total. The van der Waals surface area contributed by atoms with Crippen molar-refractivity contribution in [3.8, 4) is 0 Å². The lowest BCUT2D eigenvalue weighted by Crippen LogP contribution is -2.08. The molecule has 0 aromatic carbocycles. The van der Waals surface area contributed by atoms with E-state index in [-0.39, 0.29) is 5.57 Å². The summed E-state index contributed by atoms with van der Waals surface area (Å²) in [5.74, 6) is -0.698. The van der Waals surface area contributed by atoms with E-state index in [4.69, 9.17) is 4.89 Å². The zero-order chi connectivity index (χ0) is 10.5. The molecule has 0 saturated heterocycles. The van der Waals surface area contributed by atoms with Crippen molar-refractivity contribution >= 4 is 13.8 Å². The molecule has 1 atom stereocenters. The Hall–Kier alpha value is -0.680. The topological polar surface area (TPSA) is 82.1 Å². The second-order valence-corrected chi connectivity index (χ2v) is 3.67. The molecule has 0 fully saturated rings. The Balaban J connectivity index is 3.75. The molecule has 0 saturated carbocycles. The Morgan fingerprint density at radius 3 is 2.54 bits per heavy atom. The van der Waals surface area contributed by atoms with Crippen molar-refractivity contribution in [1.29, 1.82) is 0 Å². The highest BCUT2D eigenvalue weighted by atomic mass is 31.2. The number of rotatable bonds is 5. The number of ether oxygens (including phenoxy) is 1. The third-order valence-corrected chi connectivity index (χ3v) is 1.88. The molecule has 0 spiro atoms. The molecule has 76 valence electrons. The van der Waals surface area contributed by atoms with E-state index in [0.29, 0.717) is 0 Å². The van der Waals surface area contributed by atoms with Crippen LogP contribution in [0.2, 0.25) is 0 Å². The Labute approximate surface area is 75.7 Å². The molecule has 0 aliphatic rings. The first-order valence-corrected chi connectivity index (χ1v) is 4.74. The number of hydrogen-bond acceptors (Lipinski definition) is 5. The van der Waals surface area contributed by atoms with Crippen molar-refractivity contribution in [3.05, 3.63) is 12.2 Å². The fourth-order valence-electron chi connectivity index (χ4n) is 0.322. The van der Waals surface area contributed by atoms with Gasteiger partial charge in [0.15, 0.2) is 0 Å². The van der Waals surface area contributed by atoms with E-state index >= 15 is 0 Å². The van der Waals surface area contributed by atoms with E-state index < -0.39 is 20.6 Å². The molecule has 1 unspecified atom stereocenters. The van der Waals surface area contributed by atoms with Gasteiger partial charge >= 0.3 is 13.8 Å². The largest absolute Gasteiger partial charge is 0.474 e. The van der Waals surface area contributed by atoms with Gasteiger partial charge in [0, 0.05) is 12.7 Å². The van der Waals surface area contributed by atoms with Crippen LogP contribution in [0.5, 0.6) is 0 Å². The van der Waals surface area contributed by atoms with Gasteiger partial charge in [-0.2, -0.15) is 0 Å². The molecular formula is C6H11O6P. The van der Waals surface area contributed by atoms with Crippen LogP contribution in [0.15, 0.2) is 12.2 Å². The lowest BCUT2D eigenvalue weighted by Gasteiger charge is -2.08. The van der Waals surface area contributed by atoms with E-state index in [1.54, 1.807) is 0 Å². The molecule has 13 heavy (non-hydrogen) atoms. The molecule has 0 bridgehead atoms. The summed E-state index contributed by atoms with van der Waals surface area (Å²) in [6, 6.07) is 0. The number of carbonyl (C=O) groups is 1. The maximum absolute atomic E-state index is 10.7. The lowest BCUT2D eigenvalue weighted by atomic mass is 10.4. The number of phosphoric ester groups is 1. The van der Waals surface area contributed by atoms with Gasteiger partial charge in [-0.05, 0) is 6.92 Å². The van der Waals surface area contributed by atoms with Crippen molar-refractivity contribution in [1.82, 2.24) is 0 Å². The first-order chi connectivity index (χ1) is 5.89. The van der Waals surface area contributed by atoms with Crippen molar-refractivity contribution in [3.63, 3.8) is 0 Å². The maximum Gasteiger partial charge on any atom is 0.474 e. The molecule has 0 aromatic rings. The summed E-state index contributed by atoms with van der Waals surface area (Å²) >= 11 is 0. The summed E-state index contributed by atoms with van der Waals surface area (Å²) in [6.07, 6.45) is 0. The molecule has 0 heterocycles. The number of esters is 1. The smallest absolute Gasteiger partial charge is 0.435 e. The predicted octanol–water partition coefficient (Wildman–Crippen LogP) is 0.827. The summed E-state index contributed by atoms with van der Waals surface area (Å²) in [5, 5.41) is 0. The predicted molar refractivity (Wildman–Crippen MR) is 43.7 cm³/mol. The van der Waals surface area contributed by atoms with Crippen molar-refractivity contribution in [2.24, 2.45) is 0 Å². The monoisotopic (exact) mass is 210 g/mol. The van der Waals surface area contributed by atoms with E-state index in [1.807, 2.05) is 0 Å². The van der Waals surface area contributed by atoms with Crippen LogP contribution in [0.25, 0.3) is 0 Å². The lowest BCUT2D eigenvalue weighted by molar-refractivity contribution is -0.146. The number of phosphoric acid groups is 1. The summed E-state index contributed by atoms with van der Waals surface area (Å²) in [4.78, 5) is 19.4. The minimum absolute atomic E-state index is 0.175. The summed E-state index contributed by atoms with van der Waals surface area (Å²) in [5.41, 5.74) is 0.175. The van der Waals surface area contributed by atoms with Crippen LogP contribution in [0, 0.1) is 0 Å². The maximum atomic E-state index is 10.7. The second kappa shape index (κ2) is 5.14. The van der Waals surface area contributed by atoms with Crippen LogP contribution in [0.1, 0.15) is 6.92 Å². The molecule has 6 nitrogen and oxygen atoms in total. The van der Waals surface area contributed by atoms with Gasteiger partial charge in [0.1, 0.15) is 0 Å². The minimum Gasteiger partial charge on any atom is -0.435 e. The first kappa shape index (κ1) is 12.3. The average Bonchev–Trinajstić information content (AvgIpc) is 2.04. The van der Waals surface area contributed by atoms with E-state index in [0.717, 1.165) is 7.11 Å². The third kappa shape index (κ3) is 5.54. The molecule has 0 radical (unpaired) electrons. The SMILES string of the molecule is C=C(C)C(=O)OCOP(=O)(O)OC. The van der Waals surface area contributed by atoms with Gasteiger partial charge in [0.05, 0.1) is 0 Å². The molecule has 0 aromatic heterocycles. The summed E-state index contributed by atoms with van der Waals surface area (Å²) in [6.45, 7) is 4.09. The van der Waals surface area contributed by atoms with Gasteiger partial charge in [-0.25, -0.2) is 13.9 Å². The highest BCUT2D eigenvalue weighted by molar-refractivity contribution is 7.47. The highest BCUT2D eigenvalue weighted by Gasteiger charge is 2.18. The van der Waals surface area contributed by atoms with Crippen molar-refractivity contribution < 1.29 is 28.0 Å².